The summed E-state index contributed by atoms with van der Waals surface area (Å²) >= 11 is 0. The largest absolute Gasteiger partial charge is 0.369 e. The molecule has 1 aliphatic heterocycles. The van der Waals surface area contributed by atoms with E-state index < -0.39 is 41.1 Å². The first kappa shape index (κ1) is 19.6. The molecule has 139 valence electrons. The molecule has 1 fully saturated rings. The summed E-state index contributed by atoms with van der Waals surface area (Å²) in [4.78, 5) is 49.0. The van der Waals surface area contributed by atoms with Gasteiger partial charge >= 0.3 is 0 Å². The minimum absolute atomic E-state index is 0.0402. The molecule has 1 heterocycles. The number of primary amides is 2. The lowest BCUT2D eigenvalue weighted by Crippen LogP contribution is -2.51. The van der Waals surface area contributed by atoms with Crippen LogP contribution in [0, 0.1) is 6.42 Å². The maximum atomic E-state index is 12.5. The standard InChI is InChI=1S/C18H22N3O5/c1-18(17(20)25,11-6-4-3-5-7-11)9-8-13(23)21(2)14-12(22)10-26-15(14)16(19)24/h3-8,14-15H,9-10H2,1-2H3,(H2,19,24)(H2,20,25)/t14?,15-,18?/m0/s1. The third-order valence-electron chi connectivity index (χ3n) is 4.71. The maximum absolute atomic E-state index is 12.5. The zero-order valence-corrected chi connectivity index (χ0v) is 14.7. The SMILES string of the molecule is CN(C(=O)[CH]CC(C)(C(N)=O)c1ccccc1)C1C(=O)CO[C@@H]1C(N)=O. The predicted octanol–water partition coefficient (Wildman–Crippen LogP) is -0.696. The van der Waals surface area contributed by atoms with Gasteiger partial charge in [-0.1, -0.05) is 30.3 Å². The second-order valence-corrected chi connectivity index (χ2v) is 6.46. The van der Waals surface area contributed by atoms with Crippen LogP contribution in [0.5, 0.6) is 0 Å². The van der Waals surface area contributed by atoms with E-state index in [2.05, 4.69) is 0 Å². The lowest BCUT2D eigenvalue weighted by atomic mass is 9.77. The van der Waals surface area contributed by atoms with Crippen molar-refractivity contribution in [2.24, 2.45) is 11.5 Å². The van der Waals surface area contributed by atoms with Gasteiger partial charge in [-0.3, -0.25) is 19.2 Å². The minimum Gasteiger partial charge on any atom is -0.369 e. The van der Waals surface area contributed by atoms with E-state index in [1.54, 1.807) is 31.2 Å². The third-order valence-corrected chi connectivity index (χ3v) is 4.71. The van der Waals surface area contributed by atoms with Gasteiger partial charge in [-0.05, 0) is 18.9 Å². The average molecular weight is 360 g/mol. The number of hydrogen-bond acceptors (Lipinski definition) is 5. The normalized spacial score (nSPS) is 21.8. The van der Waals surface area contributed by atoms with E-state index in [4.69, 9.17) is 16.2 Å². The van der Waals surface area contributed by atoms with Gasteiger partial charge < -0.3 is 21.1 Å². The van der Waals surface area contributed by atoms with Gasteiger partial charge in [-0.25, -0.2) is 0 Å². The fourth-order valence-corrected chi connectivity index (χ4v) is 2.91. The van der Waals surface area contributed by atoms with E-state index in [1.165, 1.54) is 13.5 Å². The zero-order chi connectivity index (χ0) is 19.5. The highest BCUT2D eigenvalue weighted by Gasteiger charge is 2.44. The summed E-state index contributed by atoms with van der Waals surface area (Å²) in [7, 11) is 1.39. The molecular weight excluding hydrogens is 338 g/mol. The fraction of sp³-hybridized carbons (Fsp3) is 0.389. The Hall–Kier alpha value is -2.74. The molecule has 1 saturated heterocycles. The van der Waals surface area contributed by atoms with Crippen LogP contribution < -0.4 is 11.5 Å². The Morgan fingerprint density at radius 2 is 1.88 bits per heavy atom. The monoisotopic (exact) mass is 360 g/mol. The zero-order valence-electron chi connectivity index (χ0n) is 14.7. The maximum Gasteiger partial charge on any atom is 0.249 e. The van der Waals surface area contributed by atoms with Crippen LogP contribution >= 0.6 is 0 Å². The molecular formula is C18H22N3O5. The molecule has 1 radical (unpaired) electrons. The second-order valence-electron chi connectivity index (χ2n) is 6.46. The highest BCUT2D eigenvalue weighted by Crippen LogP contribution is 2.29. The Bertz CT molecular complexity index is 721. The van der Waals surface area contributed by atoms with Crippen molar-refractivity contribution >= 4 is 23.5 Å². The van der Waals surface area contributed by atoms with Crippen molar-refractivity contribution in [3.8, 4) is 0 Å². The third kappa shape index (κ3) is 3.75. The highest BCUT2D eigenvalue weighted by atomic mass is 16.5. The van der Waals surface area contributed by atoms with Crippen LogP contribution in [0.1, 0.15) is 18.9 Å². The van der Waals surface area contributed by atoms with Gasteiger partial charge in [0.25, 0.3) is 0 Å². The molecule has 1 aromatic rings. The first-order valence-corrected chi connectivity index (χ1v) is 8.07. The van der Waals surface area contributed by atoms with Gasteiger partial charge in [0, 0.05) is 7.05 Å². The van der Waals surface area contributed by atoms with E-state index in [0.29, 0.717) is 5.56 Å². The van der Waals surface area contributed by atoms with Crippen LogP contribution in [0.2, 0.25) is 0 Å². The summed E-state index contributed by atoms with van der Waals surface area (Å²) in [6, 6.07) is 7.79. The first-order chi connectivity index (χ1) is 12.2. The number of carbonyl (C=O) groups is 4. The Morgan fingerprint density at radius 3 is 2.42 bits per heavy atom. The lowest BCUT2D eigenvalue weighted by Gasteiger charge is -2.29. The molecule has 0 saturated carbocycles. The van der Waals surface area contributed by atoms with Crippen LogP contribution in [-0.2, 0) is 29.3 Å². The number of Topliss-reactive ketones (excluding diaryl/α,β-unsaturated/α-hetero) is 1. The summed E-state index contributed by atoms with van der Waals surface area (Å²) < 4.78 is 5.06. The van der Waals surface area contributed by atoms with E-state index in [0.717, 1.165) is 4.90 Å². The predicted molar refractivity (Wildman–Crippen MR) is 92.4 cm³/mol. The van der Waals surface area contributed by atoms with Gasteiger partial charge in [0.15, 0.2) is 11.9 Å². The molecule has 4 N–H and O–H groups in total. The van der Waals surface area contributed by atoms with E-state index >= 15 is 0 Å². The molecule has 2 unspecified atom stereocenters. The number of likely N-dealkylation sites (N-methyl/N-ethyl adjacent to an activating group) is 1. The number of ether oxygens (including phenoxy) is 1. The van der Waals surface area contributed by atoms with Crippen molar-refractivity contribution < 1.29 is 23.9 Å². The quantitative estimate of drug-likeness (QED) is 0.664. The molecule has 26 heavy (non-hydrogen) atoms. The number of nitrogens with zero attached hydrogens (tertiary/aromatic N) is 1. The van der Waals surface area contributed by atoms with Crippen molar-refractivity contribution in [2.75, 3.05) is 13.7 Å². The number of nitrogens with two attached hydrogens (primary N) is 2. The van der Waals surface area contributed by atoms with Crippen molar-refractivity contribution in [3.63, 3.8) is 0 Å². The number of amides is 3. The summed E-state index contributed by atoms with van der Waals surface area (Å²) in [5.74, 6) is -2.32. The molecule has 8 nitrogen and oxygen atoms in total. The van der Waals surface area contributed by atoms with Crippen LogP contribution in [0.25, 0.3) is 0 Å². The number of hydrogen-bond donors (Lipinski definition) is 2. The summed E-state index contributed by atoms with van der Waals surface area (Å²) in [6.45, 7) is 1.36. The number of rotatable bonds is 7. The van der Waals surface area contributed by atoms with E-state index in [9.17, 15) is 19.2 Å². The highest BCUT2D eigenvalue weighted by molar-refractivity contribution is 5.99. The van der Waals surface area contributed by atoms with E-state index in [-0.39, 0.29) is 13.0 Å². The van der Waals surface area contributed by atoms with Gasteiger partial charge in [-0.15, -0.1) is 0 Å². The van der Waals surface area contributed by atoms with Crippen molar-refractivity contribution in [1.29, 1.82) is 0 Å². The molecule has 3 amide bonds. The van der Waals surface area contributed by atoms with Crippen LogP contribution in [-0.4, -0.2) is 54.2 Å². The van der Waals surface area contributed by atoms with Crippen LogP contribution in [0.15, 0.2) is 30.3 Å². The first-order valence-electron chi connectivity index (χ1n) is 8.07. The molecule has 0 aromatic heterocycles. The van der Waals surface area contributed by atoms with Crippen molar-refractivity contribution in [2.45, 2.75) is 30.9 Å². The molecule has 0 aliphatic carbocycles. The minimum atomic E-state index is -1.18. The molecule has 0 bridgehead atoms. The number of benzene rings is 1. The number of carbonyl (C=O) groups excluding carboxylic acids is 4. The molecule has 0 spiro atoms. The lowest BCUT2D eigenvalue weighted by molar-refractivity contribution is -0.137. The average Bonchev–Trinajstić information content (AvgIpc) is 3.01. The summed E-state index contributed by atoms with van der Waals surface area (Å²) in [6.07, 6.45) is 0.140. The Labute approximate surface area is 151 Å². The molecule has 1 aromatic carbocycles. The Morgan fingerprint density at radius 1 is 1.27 bits per heavy atom. The fourth-order valence-electron chi connectivity index (χ4n) is 2.91. The molecule has 3 atom stereocenters. The van der Waals surface area contributed by atoms with Gasteiger partial charge in [-0.2, -0.15) is 0 Å². The molecule has 2 rings (SSSR count). The van der Waals surface area contributed by atoms with Gasteiger partial charge in [0.1, 0.15) is 12.6 Å². The summed E-state index contributed by atoms with van der Waals surface area (Å²) in [5, 5.41) is 0. The summed E-state index contributed by atoms with van der Waals surface area (Å²) in [5.41, 5.74) is 10.4. The van der Waals surface area contributed by atoms with Crippen LogP contribution in [0.3, 0.4) is 0 Å². The topological polar surface area (TPSA) is 133 Å². The number of ketones is 1. The second kappa shape index (κ2) is 7.65. The van der Waals surface area contributed by atoms with Crippen molar-refractivity contribution in [3.05, 3.63) is 42.3 Å². The van der Waals surface area contributed by atoms with Crippen molar-refractivity contribution in [1.82, 2.24) is 4.90 Å². The Kier molecular flexibility index (Phi) is 5.76. The van der Waals surface area contributed by atoms with Gasteiger partial charge in [0.05, 0.1) is 11.8 Å². The molecule has 1 aliphatic rings. The van der Waals surface area contributed by atoms with E-state index in [1.807, 2.05) is 6.07 Å². The van der Waals surface area contributed by atoms with Gasteiger partial charge in [0.2, 0.25) is 17.7 Å². The van der Waals surface area contributed by atoms with Crippen LogP contribution in [0.4, 0.5) is 0 Å². The smallest absolute Gasteiger partial charge is 0.249 e. The Balaban J connectivity index is 2.12. The molecule has 8 heteroatoms.